The second-order valence-electron chi connectivity index (χ2n) is 8.73. The molecule has 0 radical (unpaired) electrons. The van der Waals surface area contributed by atoms with Gasteiger partial charge in [-0.2, -0.15) is 26.3 Å². The number of aliphatic carboxylic acids is 2. The third-order valence-corrected chi connectivity index (χ3v) is 5.23. The van der Waals surface area contributed by atoms with Crippen LogP contribution >= 0.6 is 0 Å². The van der Waals surface area contributed by atoms with Crippen molar-refractivity contribution in [2.45, 2.75) is 25.3 Å². The number of carbonyl (C=O) groups is 4. The molecule has 0 saturated carbocycles. The first-order valence-electron chi connectivity index (χ1n) is 10.8. The second kappa shape index (κ2) is 13.3. The Balaban J connectivity index is 0.000000426. The minimum atomic E-state index is -5.08. The van der Waals surface area contributed by atoms with E-state index in [1.54, 1.807) is 25.2 Å². The molecule has 3 amide bonds. The Labute approximate surface area is 213 Å². The predicted molar refractivity (Wildman–Crippen MR) is 118 cm³/mol. The minimum absolute atomic E-state index is 0.0111. The van der Waals surface area contributed by atoms with Gasteiger partial charge in [0.2, 0.25) is 5.91 Å². The highest BCUT2D eigenvalue weighted by Gasteiger charge is 2.44. The number of hydrogen-bond acceptors (Lipinski definition) is 6. The zero-order chi connectivity index (χ0) is 29.3. The fourth-order valence-electron chi connectivity index (χ4n) is 3.66. The van der Waals surface area contributed by atoms with Crippen molar-refractivity contribution in [3.05, 3.63) is 30.1 Å². The maximum absolute atomic E-state index is 12.5. The van der Waals surface area contributed by atoms with Gasteiger partial charge in [-0.1, -0.05) is 6.07 Å². The summed E-state index contributed by atoms with van der Waals surface area (Å²) in [6.07, 6.45) is -6.05. The topological polar surface area (TPSA) is 143 Å². The second-order valence-corrected chi connectivity index (χ2v) is 8.73. The molecule has 38 heavy (non-hydrogen) atoms. The smallest absolute Gasteiger partial charge is 0.475 e. The lowest BCUT2D eigenvalue weighted by atomic mass is 9.86. The molecular formula is C21H27F6N5O6. The van der Waals surface area contributed by atoms with Crippen LogP contribution in [0.3, 0.4) is 0 Å². The van der Waals surface area contributed by atoms with Gasteiger partial charge in [-0.3, -0.25) is 14.7 Å². The third kappa shape index (κ3) is 10.8. The number of hydrogen-bond donors (Lipinski definition) is 3. The molecule has 2 saturated heterocycles. The van der Waals surface area contributed by atoms with Crippen molar-refractivity contribution >= 4 is 23.9 Å². The molecule has 1 atom stereocenters. The molecule has 2 aliphatic heterocycles. The average Bonchev–Trinajstić information content (AvgIpc) is 3.05. The SMILES string of the molecule is CN(C)C(=O)N1CCN(Cc2cccnc2)CC2(CNC(=O)C2)C1.O=C(O)C(F)(F)F.O=C(O)C(F)(F)F. The molecule has 1 unspecified atom stereocenters. The lowest BCUT2D eigenvalue weighted by Crippen LogP contribution is -2.47. The molecule has 3 heterocycles. The molecule has 11 nitrogen and oxygen atoms in total. The number of amides is 3. The third-order valence-electron chi connectivity index (χ3n) is 5.23. The Morgan fingerprint density at radius 3 is 2.00 bits per heavy atom. The molecule has 0 bridgehead atoms. The Morgan fingerprint density at radius 2 is 1.61 bits per heavy atom. The number of nitrogens with zero attached hydrogens (tertiary/aromatic N) is 4. The van der Waals surface area contributed by atoms with Crippen LogP contribution in [0.25, 0.3) is 0 Å². The number of urea groups is 1. The molecule has 2 fully saturated rings. The quantitative estimate of drug-likeness (QED) is 0.465. The van der Waals surface area contributed by atoms with Crippen LogP contribution in [0.4, 0.5) is 31.1 Å². The van der Waals surface area contributed by atoms with Crippen molar-refractivity contribution in [2.75, 3.05) is 46.8 Å². The van der Waals surface area contributed by atoms with E-state index in [2.05, 4.69) is 21.3 Å². The van der Waals surface area contributed by atoms with Gasteiger partial charge in [-0.15, -0.1) is 0 Å². The van der Waals surface area contributed by atoms with E-state index < -0.39 is 24.3 Å². The summed E-state index contributed by atoms with van der Waals surface area (Å²) in [6.45, 7) is 4.31. The number of nitrogens with one attached hydrogen (secondary N) is 1. The minimum Gasteiger partial charge on any atom is -0.475 e. The van der Waals surface area contributed by atoms with Gasteiger partial charge >= 0.3 is 30.3 Å². The van der Waals surface area contributed by atoms with Crippen molar-refractivity contribution < 1.29 is 55.7 Å². The van der Waals surface area contributed by atoms with Crippen LogP contribution in [0.5, 0.6) is 0 Å². The molecule has 3 rings (SSSR count). The Kier molecular flexibility index (Phi) is 11.3. The summed E-state index contributed by atoms with van der Waals surface area (Å²) in [5.74, 6) is -5.43. The number of halogens is 6. The summed E-state index contributed by atoms with van der Waals surface area (Å²) in [7, 11) is 3.54. The summed E-state index contributed by atoms with van der Waals surface area (Å²) in [5.41, 5.74) is 0.943. The van der Waals surface area contributed by atoms with Crippen LogP contribution in [0.2, 0.25) is 0 Å². The van der Waals surface area contributed by atoms with Crippen molar-refractivity contribution in [3.63, 3.8) is 0 Å². The van der Waals surface area contributed by atoms with E-state index in [0.29, 0.717) is 26.1 Å². The maximum Gasteiger partial charge on any atom is 0.490 e. The van der Waals surface area contributed by atoms with Gasteiger partial charge in [-0.25, -0.2) is 14.4 Å². The monoisotopic (exact) mass is 559 g/mol. The molecule has 2 aliphatic rings. The lowest BCUT2D eigenvalue weighted by molar-refractivity contribution is -0.193. The van der Waals surface area contributed by atoms with Gasteiger partial charge in [0.25, 0.3) is 0 Å². The zero-order valence-corrected chi connectivity index (χ0v) is 20.3. The van der Waals surface area contributed by atoms with E-state index >= 15 is 0 Å². The van der Waals surface area contributed by atoms with Crippen molar-refractivity contribution in [1.29, 1.82) is 0 Å². The molecule has 0 aliphatic carbocycles. The van der Waals surface area contributed by atoms with E-state index in [4.69, 9.17) is 19.8 Å². The van der Waals surface area contributed by atoms with Crippen LogP contribution in [-0.2, 0) is 20.9 Å². The fraction of sp³-hybridized carbons (Fsp3) is 0.571. The number of carbonyl (C=O) groups excluding carboxylic acids is 2. The van der Waals surface area contributed by atoms with Gasteiger partial charge in [-0.05, 0) is 11.6 Å². The van der Waals surface area contributed by atoms with E-state index in [9.17, 15) is 35.9 Å². The summed E-state index contributed by atoms with van der Waals surface area (Å²) >= 11 is 0. The van der Waals surface area contributed by atoms with Crippen LogP contribution in [-0.4, -0.2) is 113 Å². The molecule has 1 aromatic heterocycles. The normalized spacial score (nSPS) is 19.8. The maximum atomic E-state index is 12.5. The highest BCUT2D eigenvalue weighted by atomic mass is 19.4. The van der Waals surface area contributed by atoms with Gasteiger partial charge < -0.3 is 25.3 Å². The van der Waals surface area contributed by atoms with Gasteiger partial charge in [0, 0.05) is 77.6 Å². The molecule has 3 N–H and O–H groups in total. The first kappa shape index (κ1) is 32.4. The lowest BCUT2D eigenvalue weighted by Gasteiger charge is -2.33. The zero-order valence-electron chi connectivity index (χ0n) is 20.3. The number of rotatable bonds is 2. The van der Waals surface area contributed by atoms with E-state index in [-0.39, 0.29) is 17.4 Å². The van der Waals surface area contributed by atoms with Crippen molar-refractivity contribution in [3.8, 4) is 0 Å². The van der Waals surface area contributed by atoms with Crippen LogP contribution < -0.4 is 5.32 Å². The average molecular weight is 559 g/mol. The summed E-state index contributed by atoms with van der Waals surface area (Å²) in [4.78, 5) is 52.1. The van der Waals surface area contributed by atoms with Crippen molar-refractivity contribution in [1.82, 2.24) is 25.0 Å². The van der Waals surface area contributed by atoms with E-state index in [1.807, 2.05) is 17.2 Å². The highest BCUT2D eigenvalue weighted by molar-refractivity contribution is 5.80. The van der Waals surface area contributed by atoms with Gasteiger partial charge in [0.15, 0.2) is 0 Å². The standard InChI is InChI=1S/C17H25N5O2.2C2HF3O2/c1-20(2)16(24)22-7-6-21(10-14-4-3-5-18-9-14)12-17(13-22)8-15(23)19-11-17;2*3-2(4,5)1(6)7/h3-5,9H,6-8,10-13H2,1-2H3,(H,19,23);2*(H,6,7). The summed E-state index contributed by atoms with van der Waals surface area (Å²) in [6, 6.07) is 4.01. The molecule has 214 valence electrons. The Hall–Kier alpha value is -3.63. The van der Waals surface area contributed by atoms with Gasteiger partial charge in [0.1, 0.15) is 0 Å². The highest BCUT2D eigenvalue weighted by Crippen LogP contribution is 2.31. The molecule has 1 spiro atoms. The Bertz CT molecular complexity index is 952. The fourth-order valence-corrected chi connectivity index (χ4v) is 3.66. The number of carboxylic acids is 2. The summed E-state index contributed by atoms with van der Waals surface area (Å²) < 4.78 is 63.5. The molecular weight excluding hydrogens is 532 g/mol. The van der Waals surface area contributed by atoms with Crippen molar-refractivity contribution in [2.24, 2.45) is 5.41 Å². The number of aromatic nitrogens is 1. The largest absolute Gasteiger partial charge is 0.490 e. The molecule has 1 aromatic rings. The predicted octanol–water partition coefficient (Wildman–Crippen LogP) is 1.65. The molecule has 0 aromatic carbocycles. The first-order chi connectivity index (χ1) is 17.4. The van der Waals surface area contributed by atoms with Crippen LogP contribution in [0.15, 0.2) is 24.5 Å². The van der Waals surface area contributed by atoms with Crippen LogP contribution in [0.1, 0.15) is 12.0 Å². The van der Waals surface area contributed by atoms with E-state index in [1.165, 1.54) is 0 Å². The Morgan fingerprint density at radius 1 is 1.05 bits per heavy atom. The molecule has 17 heteroatoms. The first-order valence-corrected chi connectivity index (χ1v) is 10.8. The number of alkyl halides is 6. The van der Waals surface area contributed by atoms with Crippen LogP contribution in [0, 0.1) is 5.41 Å². The van der Waals surface area contributed by atoms with E-state index in [0.717, 1.165) is 25.2 Å². The number of carboxylic acid groups (broad SMARTS) is 2. The van der Waals surface area contributed by atoms with Gasteiger partial charge in [0.05, 0.1) is 0 Å². The summed E-state index contributed by atoms with van der Waals surface area (Å²) in [5, 5.41) is 17.2. The number of pyridine rings is 1.